The summed E-state index contributed by atoms with van der Waals surface area (Å²) in [6, 6.07) is 0. The van der Waals surface area contributed by atoms with Gasteiger partial charge in [-0.25, -0.2) is 0 Å². The predicted octanol–water partition coefficient (Wildman–Crippen LogP) is 1.91. The molecule has 0 aromatic carbocycles. The second-order valence-electron chi connectivity index (χ2n) is 3.93. The van der Waals surface area contributed by atoms with Crippen molar-refractivity contribution < 1.29 is 9.90 Å². The number of carbonyl (C=O) groups excluding carboxylic acids is 1. The minimum absolute atomic E-state index is 0.101. The number of Topliss-reactive ketones (excluding diaryl/α,β-unsaturated/α-hetero) is 1. The molecule has 0 radical (unpaired) electrons. The summed E-state index contributed by atoms with van der Waals surface area (Å²) in [6.07, 6.45) is 5.76. The second kappa shape index (κ2) is 4.61. The number of ketones is 1. The van der Waals surface area contributed by atoms with Crippen molar-refractivity contribution in [1.82, 2.24) is 0 Å². The Bertz CT molecular complexity index is 154. The summed E-state index contributed by atoms with van der Waals surface area (Å²) in [5, 5.41) is 9.36. The van der Waals surface area contributed by atoms with Gasteiger partial charge in [0.2, 0.25) is 0 Å². The van der Waals surface area contributed by atoms with Crippen LogP contribution in [0.25, 0.3) is 0 Å². The first kappa shape index (κ1) is 9.72. The zero-order valence-electron chi connectivity index (χ0n) is 7.75. The largest absolute Gasteiger partial charge is 0.393 e. The molecule has 0 heterocycles. The molecule has 1 N–H and O–H groups in total. The quantitative estimate of drug-likeness (QED) is 0.702. The van der Waals surface area contributed by atoms with E-state index in [0.717, 1.165) is 25.7 Å². The molecule has 0 spiro atoms. The maximum atomic E-state index is 10.7. The van der Waals surface area contributed by atoms with Crippen molar-refractivity contribution in [3.63, 3.8) is 0 Å². The molecule has 1 saturated carbocycles. The lowest BCUT2D eigenvalue weighted by atomic mass is 9.84. The van der Waals surface area contributed by atoms with Crippen LogP contribution in [0.4, 0.5) is 0 Å². The van der Waals surface area contributed by atoms with Crippen LogP contribution in [0.3, 0.4) is 0 Å². The number of hydrogen-bond acceptors (Lipinski definition) is 2. The number of rotatable bonds is 3. The lowest BCUT2D eigenvalue weighted by molar-refractivity contribution is -0.117. The van der Waals surface area contributed by atoms with Gasteiger partial charge in [0.25, 0.3) is 0 Å². The molecular weight excluding hydrogens is 152 g/mol. The van der Waals surface area contributed by atoms with Crippen molar-refractivity contribution in [2.24, 2.45) is 5.92 Å². The summed E-state index contributed by atoms with van der Waals surface area (Å²) in [5.74, 6) is 0.868. The van der Waals surface area contributed by atoms with E-state index in [1.165, 1.54) is 6.42 Å². The summed E-state index contributed by atoms with van der Waals surface area (Å²) >= 11 is 0. The molecule has 2 atom stereocenters. The van der Waals surface area contributed by atoms with E-state index in [0.29, 0.717) is 12.3 Å². The van der Waals surface area contributed by atoms with Gasteiger partial charge in [-0.3, -0.25) is 0 Å². The van der Waals surface area contributed by atoms with E-state index in [2.05, 4.69) is 0 Å². The highest BCUT2D eigenvalue weighted by Crippen LogP contribution is 2.27. The Balaban J connectivity index is 2.18. The first-order valence-corrected chi connectivity index (χ1v) is 4.86. The van der Waals surface area contributed by atoms with Crippen LogP contribution in [0.2, 0.25) is 0 Å². The molecule has 2 unspecified atom stereocenters. The zero-order chi connectivity index (χ0) is 8.97. The molecule has 1 rings (SSSR count). The van der Waals surface area contributed by atoms with E-state index >= 15 is 0 Å². The van der Waals surface area contributed by atoms with Crippen LogP contribution in [0.15, 0.2) is 0 Å². The molecule has 0 aromatic heterocycles. The van der Waals surface area contributed by atoms with Gasteiger partial charge in [-0.1, -0.05) is 12.8 Å². The van der Waals surface area contributed by atoms with Crippen LogP contribution >= 0.6 is 0 Å². The first-order valence-electron chi connectivity index (χ1n) is 4.86. The lowest BCUT2D eigenvalue weighted by Crippen LogP contribution is -2.19. The van der Waals surface area contributed by atoms with Crippen molar-refractivity contribution >= 4 is 5.78 Å². The molecule has 0 saturated heterocycles. The van der Waals surface area contributed by atoms with Gasteiger partial charge < -0.3 is 9.90 Å². The number of hydrogen-bond donors (Lipinski definition) is 1. The average Bonchev–Trinajstić information content (AvgIpc) is 2.01. The summed E-state index contributed by atoms with van der Waals surface area (Å²) in [5.41, 5.74) is 0. The minimum Gasteiger partial charge on any atom is -0.393 e. The van der Waals surface area contributed by atoms with Gasteiger partial charge in [0.1, 0.15) is 5.78 Å². The molecule has 0 bridgehead atoms. The fraction of sp³-hybridized carbons (Fsp3) is 0.900. The lowest BCUT2D eigenvalue weighted by Gasteiger charge is -2.25. The van der Waals surface area contributed by atoms with Crippen LogP contribution in [-0.2, 0) is 4.79 Å². The van der Waals surface area contributed by atoms with Crippen LogP contribution in [0, 0.1) is 5.92 Å². The summed E-state index contributed by atoms with van der Waals surface area (Å²) < 4.78 is 0. The standard InChI is InChI=1S/C10H18O2/c1-8(11)5-6-9-3-2-4-10(12)7-9/h9-10,12H,2-7H2,1H3. The van der Waals surface area contributed by atoms with Crippen LogP contribution in [-0.4, -0.2) is 17.0 Å². The Morgan fingerprint density at radius 2 is 2.25 bits per heavy atom. The topological polar surface area (TPSA) is 37.3 Å². The first-order chi connectivity index (χ1) is 5.68. The smallest absolute Gasteiger partial charge is 0.129 e. The Morgan fingerprint density at radius 1 is 1.50 bits per heavy atom. The van der Waals surface area contributed by atoms with Crippen molar-refractivity contribution in [3.05, 3.63) is 0 Å². The summed E-state index contributed by atoms with van der Waals surface area (Å²) in [6.45, 7) is 1.64. The van der Waals surface area contributed by atoms with Crippen molar-refractivity contribution in [2.45, 2.75) is 51.6 Å². The summed E-state index contributed by atoms with van der Waals surface area (Å²) in [4.78, 5) is 10.7. The van der Waals surface area contributed by atoms with Gasteiger partial charge in [0.15, 0.2) is 0 Å². The van der Waals surface area contributed by atoms with Gasteiger partial charge in [-0.15, -0.1) is 0 Å². The molecule has 0 amide bonds. The van der Waals surface area contributed by atoms with Crippen LogP contribution in [0.1, 0.15) is 45.4 Å². The molecule has 0 aliphatic heterocycles. The van der Waals surface area contributed by atoms with Gasteiger partial charge >= 0.3 is 0 Å². The predicted molar refractivity (Wildman–Crippen MR) is 47.9 cm³/mol. The Labute approximate surface area is 74.0 Å². The third-order valence-corrected chi connectivity index (χ3v) is 2.66. The molecule has 2 nitrogen and oxygen atoms in total. The van der Waals surface area contributed by atoms with Crippen molar-refractivity contribution in [1.29, 1.82) is 0 Å². The monoisotopic (exact) mass is 170 g/mol. The third kappa shape index (κ3) is 3.35. The van der Waals surface area contributed by atoms with E-state index < -0.39 is 0 Å². The van der Waals surface area contributed by atoms with Gasteiger partial charge in [0, 0.05) is 6.42 Å². The highest BCUT2D eigenvalue weighted by atomic mass is 16.3. The van der Waals surface area contributed by atoms with Crippen LogP contribution < -0.4 is 0 Å². The molecular formula is C10H18O2. The maximum Gasteiger partial charge on any atom is 0.129 e. The molecule has 12 heavy (non-hydrogen) atoms. The Morgan fingerprint density at radius 3 is 2.83 bits per heavy atom. The molecule has 1 aliphatic rings. The Hall–Kier alpha value is -0.370. The maximum absolute atomic E-state index is 10.7. The van der Waals surface area contributed by atoms with E-state index in [4.69, 9.17) is 0 Å². The highest BCUT2D eigenvalue weighted by molar-refractivity contribution is 5.75. The van der Waals surface area contributed by atoms with E-state index in [1.807, 2.05) is 0 Å². The number of aliphatic hydroxyl groups excluding tert-OH is 1. The van der Waals surface area contributed by atoms with Gasteiger partial charge in [-0.2, -0.15) is 0 Å². The van der Waals surface area contributed by atoms with Crippen LogP contribution in [0.5, 0.6) is 0 Å². The summed E-state index contributed by atoms with van der Waals surface area (Å²) in [7, 11) is 0. The fourth-order valence-electron chi connectivity index (χ4n) is 1.93. The van der Waals surface area contributed by atoms with Gasteiger partial charge in [-0.05, 0) is 32.1 Å². The Kier molecular flexibility index (Phi) is 3.73. The molecule has 2 heteroatoms. The van der Waals surface area contributed by atoms with E-state index in [-0.39, 0.29) is 11.9 Å². The molecule has 1 fully saturated rings. The van der Waals surface area contributed by atoms with Crippen molar-refractivity contribution in [3.8, 4) is 0 Å². The number of aliphatic hydroxyl groups is 1. The SMILES string of the molecule is CC(=O)CCC1CCCC(O)C1. The molecule has 1 aliphatic carbocycles. The zero-order valence-corrected chi connectivity index (χ0v) is 7.75. The molecule has 0 aromatic rings. The third-order valence-electron chi connectivity index (χ3n) is 2.66. The van der Waals surface area contributed by atoms with Gasteiger partial charge in [0.05, 0.1) is 6.10 Å². The van der Waals surface area contributed by atoms with E-state index in [1.54, 1.807) is 6.92 Å². The fourth-order valence-corrected chi connectivity index (χ4v) is 1.93. The normalized spacial score (nSPS) is 30.2. The average molecular weight is 170 g/mol. The minimum atomic E-state index is -0.101. The van der Waals surface area contributed by atoms with Crippen molar-refractivity contribution in [2.75, 3.05) is 0 Å². The highest BCUT2D eigenvalue weighted by Gasteiger charge is 2.19. The molecule has 70 valence electrons. The number of carbonyl (C=O) groups is 1. The van der Waals surface area contributed by atoms with E-state index in [9.17, 15) is 9.90 Å². The second-order valence-corrected chi connectivity index (χ2v) is 3.93.